The van der Waals surface area contributed by atoms with Gasteiger partial charge in [-0.2, -0.15) is 0 Å². The molecule has 4 rings (SSSR count). The minimum atomic E-state index is -3.57. The molecule has 2 bridgehead atoms. The molecule has 1 aromatic rings. The van der Waals surface area contributed by atoms with Crippen LogP contribution in [0, 0.1) is 5.89 Å². The van der Waals surface area contributed by atoms with Gasteiger partial charge < -0.3 is 9.64 Å². The van der Waals surface area contributed by atoms with E-state index in [1.54, 1.807) is 0 Å². The summed E-state index contributed by atoms with van der Waals surface area (Å²) in [7, 11) is 2.49. The lowest BCUT2D eigenvalue weighted by Gasteiger charge is -2.58. The number of likely N-dealkylation sites (N-methyl/N-ethyl adjacent to an activating group) is 1. The number of ether oxygens (including phenoxy) is 1. The number of fused-ring (bicyclic) bond motifs is 1. The van der Waals surface area contributed by atoms with Crippen LogP contribution in [0.2, 0.25) is 0 Å². The van der Waals surface area contributed by atoms with Crippen LogP contribution in [-0.4, -0.2) is 31.6 Å². The van der Waals surface area contributed by atoms with Crippen LogP contribution in [0.3, 0.4) is 0 Å². The maximum absolute atomic E-state index is 9.50. The zero-order valence-corrected chi connectivity index (χ0v) is 11.3. The number of nitrogens with zero attached hydrogens (tertiary/aromatic N) is 1. The van der Waals surface area contributed by atoms with E-state index in [2.05, 4.69) is 0 Å². The zero-order valence-electron chi connectivity index (χ0n) is 25.3. The van der Waals surface area contributed by atoms with Crippen molar-refractivity contribution in [1.82, 2.24) is 4.90 Å². The molecule has 0 radical (unpaired) electrons. The van der Waals surface area contributed by atoms with Crippen molar-refractivity contribution in [2.24, 2.45) is 5.89 Å². The third-order valence-corrected chi connectivity index (χ3v) is 4.25. The number of hydrogen-bond donors (Lipinski definition) is 0. The summed E-state index contributed by atoms with van der Waals surface area (Å²) in [5.74, 6) is -3.47. The molecule has 2 aliphatic carbocycles. The van der Waals surface area contributed by atoms with E-state index in [9.17, 15) is 1.37 Å². The van der Waals surface area contributed by atoms with E-state index < -0.39 is 90.6 Å². The molecule has 1 saturated carbocycles. The Morgan fingerprint density at radius 2 is 2.40 bits per heavy atom. The fourth-order valence-electron chi connectivity index (χ4n) is 3.16. The Balaban J connectivity index is 2.37. The number of benzene rings is 1. The van der Waals surface area contributed by atoms with Gasteiger partial charge in [-0.1, -0.05) is 18.8 Å². The fraction of sp³-hybridized carbons (Fsp3) is 0.667. The van der Waals surface area contributed by atoms with Crippen LogP contribution >= 0.6 is 0 Å². The van der Waals surface area contributed by atoms with E-state index in [4.69, 9.17) is 22.6 Å². The van der Waals surface area contributed by atoms with Gasteiger partial charge in [0.15, 0.2) is 0 Å². The molecule has 20 heavy (non-hydrogen) atoms. The summed E-state index contributed by atoms with van der Waals surface area (Å²) in [6.07, 6.45) is -17.1. The molecule has 3 aliphatic rings. The van der Waals surface area contributed by atoms with E-state index in [-0.39, 0.29) is 6.54 Å². The van der Waals surface area contributed by atoms with Crippen LogP contribution in [0.15, 0.2) is 18.1 Å². The molecule has 1 heterocycles. The molecule has 1 saturated heterocycles. The summed E-state index contributed by atoms with van der Waals surface area (Å²) in [4.78, 5) is 1.27. The third-order valence-electron chi connectivity index (χ3n) is 4.25. The van der Waals surface area contributed by atoms with Gasteiger partial charge in [-0.05, 0) is 68.2 Å². The number of methoxy groups -OCH3 is 1. The van der Waals surface area contributed by atoms with E-state index in [0.29, 0.717) is 0 Å². The van der Waals surface area contributed by atoms with Gasteiger partial charge >= 0.3 is 0 Å². The Morgan fingerprint density at radius 3 is 3.25 bits per heavy atom. The second-order valence-electron chi connectivity index (χ2n) is 5.25. The summed E-state index contributed by atoms with van der Waals surface area (Å²) >= 11 is 0. The number of rotatable bonds is 1. The Labute approximate surface area is 141 Å². The number of hydrogen-bond acceptors (Lipinski definition) is 2. The molecule has 2 fully saturated rings. The predicted octanol–water partition coefficient (Wildman–Crippen LogP) is 3.38. The first-order valence-corrected chi connectivity index (χ1v) is 6.56. The van der Waals surface area contributed by atoms with Crippen molar-refractivity contribution in [3.05, 3.63) is 29.3 Å². The largest absolute Gasteiger partial charge is 0.497 e. The highest BCUT2D eigenvalue weighted by Gasteiger charge is 2.53. The Bertz CT molecular complexity index is 1090. The van der Waals surface area contributed by atoms with Crippen LogP contribution in [0.25, 0.3) is 0 Å². The molecule has 1 aliphatic heterocycles. The zero-order chi connectivity index (χ0) is 26.2. The Kier molecular flexibility index (Phi) is 1.06. The topological polar surface area (TPSA) is 12.5 Å². The maximum Gasteiger partial charge on any atom is 0.119 e. The first kappa shape index (κ1) is 4.74. The van der Waals surface area contributed by atoms with Gasteiger partial charge in [-0.3, -0.25) is 0 Å². The molecule has 3 atom stereocenters. The molecule has 2 nitrogen and oxygen atoms in total. The van der Waals surface area contributed by atoms with Crippen molar-refractivity contribution in [2.75, 3.05) is 20.7 Å². The van der Waals surface area contributed by atoms with Crippen molar-refractivity contribution in [3.8, 4) is 5.75 Å². The summed E-state index contributed by atoms with van der Waals surface area (Å²) in [6, 6.07) is -3.93. The van der Waals surface area contributed by atoms with Crippen LogP contribution in [-0.2, 0) is 11.8 Å². The minimum Gasteiger partial charge on any atom is -0.497 e. The minimum absolute atomic E-state index is 0.101. The number of likely N-dealkylation sites (tertiary alicyclic amines) is 1. The van der Waals surface area contributed by atoms with Crippen LogP contribution in [0.5, 0.6) is 5.75 Å². The van der Waals surface area contributed by atoms with Gasteiger partial charge in [0.25, 0.3) is 0 Å². The molecular formula is C18H25NO. The van der Waals surface area contributed by atoms with Crippen molar-refractivity contribution >= 4 is 0 Å². The van der Waals surface area contributed by atoms with Crippen molar-refractivity contribution < 1.29 is 23.9 Å². The smallest absolute Gasteiger partial charge is 0.119 e. The lowest BCUT2D eigenvalue weighted by atomic mass is 9.52. The van der Waals surface area contributed by atoms with E-state index in [1.807, 2.05) is 0 Å². The Morgan fingerprint density at radius 1 is 1.50 bits per heavy atom. The first-order valence-electron chi connectivity index (χ1n) is 13.6. The van der Waals surface area contributed by atoms with E-state index >= 15 is 0 Å². The van der Waals surface area contributed by atoms with Crippen molar-refractivity contribution in [2.45, 2.75) is 49.7 Å². The molecule has 0 N–H and O–H groups in total. The van der Waals surface area contributed by atoms with Gasteiger partial charge in [-0.25, -0.2) is 0 Å². The second kappa shape index (κ2) is 4.49. The first-order chi connectivity index (χ1) is 15.2. The highest BCUT2D eigenvalue weighted by atomic mass is 16.5. The van der Waals surface area contributed by atoms with Gasteiger partial charge in [-0.15, -0.1) is 0 Å². The molecular weight excluding hydrogens is 246 g/mol. The lowest BCUT2D eigenvalue weighted by Crippen LogP contribution is -2.59. The molecule has 1 unspecified atom stereocenters. The van der Waals surface area contributed by atoms with Gasteiger partial charge in [0, 0.05) is 26.5 Å². The summed E-state index contributed by atoms with van der Waals surface area (Å²) in [5, 5.41) is 0. The summed E-state index contributed by atoms with van der Waals surface area (Å²) in [5.41, 5.74) is -3.76. The van der Waals surface area contributed by atoms with Gasteiger partial charge in [0.05, 0.1) is 11.2 Å². The lowest BCUT2D eigenvalue weighted by molar-refractivity contribution is 0.00274. The maximum atomic E-state index is 9.50. The molecule has 0 spiro atoms. The highest BCUT2D eigenvalue weighted by Crippen LogP contribution is 2.55. The third kappa shape index (κ3) is 1.60. The van der Waals surface area contributed by atoms with Crippen molar-refractivity contribution in [1.29, 1.82) is 0 Å². The van der Waals surface area contributed by atoms with Gasteiger partial charge in [0.2, 0.25) is 0 Å². The van der Waals surface area contributed by atoms with E-state index in [1.165, 1.54) is 11.9 Å². The molecule has 108 valence electrons. The summed E-state index contributed by atoms with van der Waals surface area (Å²) in [6.45, 7) is -0.101. The highest BCUT2D eigenvalue weighted by molar-refractivity contribution is 5.45. The predicted molar refractivity (Wildman–Crippen MR) is 81.4 cm³/mol. The van der Waals surface area contributed by atoms with Gasteiger partial charge in [0.1, 0.15) is 5.75 Å². The molecule has 0 amide bonds. The normalized spacial score (nSPS) is 62.6. The van der Waals surface area contributed by atoms with Crippen LogP contribution < -0.4 is 4.74 Å². The second-order valence-corrected chi connectivity index (χ2v) is 5.25. The molecule has 1 aromatic carbocycles. The average molecular weight is 285 g/mol. The quantitative estimate of drug-likeness (QED) is 0.784. The van der Waals surface area contributed by atoms with E-state index in [0.717, 1.165) is 7.11 Å². The monoisotopic (exact) mass is 285 g/mol. The van der Waals surface area contributed by atoms with Crippen LogP contribution in [0.4, 0.5) is 0 Å². The fourth-order valence-corrected chi connectivity index (χ4v) is 3.16. The molecule has 2 heteroatoms. The summed E-state index contributed by atoms with van der Waals surface area (Å²) < 4.78 is 127. The Hall–Kier alpha value is -1.02. The standard InChI is InChI=1S/C18H25NO/c1-19-10-9-18-8-4-3-5-15(18)17(19)11-13-6-7-14(20-2)12-16(13)18/h6-7,12,15,17H,3-5,8-11H2,1-2H3/t15-,17?,18+/m1/s1/i3D2,4D2,5D2,6D,7D,8D2,11D2,12D,15D. The molecule has 0 aromatic heterocycles. The SMILES string of the molecule is [2H]c1c([2H])c2c(c([2H])c1OC)[C@@]13CCN(C)C(C2([2H])[2H])[C@@]1([2H])C([2H])([2H])C([2H])([2H])C([2H])([2H])C3([2H])[2H]. The van der Waals surface area contributed by atoms with Crippen molar-refractivity contribution in [3.63, 3.8) is 0 Å². The van der Waals surface area contributed by atoms with Crippen LogP contribution in [0.1, 0.15) is 62.2 Å². The average Bonchev–Trinajstić information content (AvgIpc) is 2.69. The number of piperidine rings is 1.